The molecule has 1 amide bonds. The molecule has 0 heterocycles. The number of nitrogen functional groups attached to an aromatic ring is 1. The van der Waals surface area contributed by atoms with Crippen LogP contribution in [-0.4, -0.2) is 43.6 Å². The molecule has 0 fully saturated rings. The van der Waals surface area contributed by atoms with Crippen LogP contribution in [0.25, 0.3) is 0 Å². The Labute approximate surface area is 127 Å². The Morgan fingerprint density at radius 2 is 2.24 bits per heavy atom. The van der Waals surface area contributed by atoms with Crippen LogP contribution < -0.4 is 15.8 Å². The lowest BCUT2D eigenvalue weighted by Gasteiger charge is -2.23. The number of nitrogens with two attached hydrogens (primary N) is 1. The van der Waals surface area contributed by atoms with Gasteiger partial charge in [0.25, 0.3) is 0 Å². The summed E-state index contributed by atoms with van der Waals surface area (Å²) in [6.45, 7) is 6.22. The second-order valence-electron chi connectivity index (χ2n) is 5.26. The molecule has 0 spiro atoms. The van der Waals surface area contributed by atoms with Gasteiger partial charge in [0.15, 0.2) is 0 Å². The summed E-state index contributed by atoms with van der Waals surface area (Å²) < 4.78 is 5.49. The quantitative estimate of drug-likeness (QED) is 0.682. The van der Waals surface area contributed by atoms with Crippen molar-refractivity contribution in [2.45, 2.75) is 32.7 Å². The van der Waals surface area contributed by atoms with Crippen molar-refractivity contribution in [2.75, 3.05) is 32.5 Å². The van der Waals surface area contributed by atoms with Gasteiger partial charge in [-0.1, -0.05) is 13.0 Å². The summed E-state index contributed by atoms with van der Waals surface area (Å²) in [5, 5.41) is 2.90. The molecule has 0 saturated heterocycles. The zero-order valence-corrected chi connectivity index (χ0v) is 13.3. The Morgan fingerprint density at radius 1 is 1.48 bits per heavy atom. The number of carbonyl (C=O) groups is 1. The average Bonchev–Trinajstić information content (AvgIpc) is 2.46. The van der Waals surface area contributed by atoms with E-state index in [1.807, 2.05) is 12.1 Å². The van der Waals surface area contributed by atoms with Crippen LogP contribution in [0.2, 0.25) is 0 Å². The smallest absolute Gasteiger partial charge is 0.223 e. The molecule has 0 aliphatic rings. The average molecular weight is 293 g/mol. The van der Waals surface area contributed by atoms with E-state index in [4.69, 9.17) is 10.5 Å². The molecule has 0 saturated carbocycles. The Morgan fingerprint density at radius 3 is 2.90 bits per heavy atom. The standard InChI is InChI=1S/C16H27N3O2/c1-4-13(2)19(3)10-9-18-16(20)8-11-21-15-7-5-6-14(17)12-15/h5-7,12-13H,4,8-11,17H2,1-3H3,(H,18,20). The largest absolute Gasteiger partial charge is 0.493 e. The van der Waals surface area contributed by atoms with Gasteiger partial charge in [-0.2, -0.15) is 0 Å². The monoisotopic (exact) mass is 293 g/mol. The highest BCUT2D eigenvalue weighted by atomic mass is 16.5. The van der Waals surface area contributed by atoms with E-state index < -0.39 is 0 Å². The molecular formula is C16H27N3O2. The number of carbonyl (C=O) groups excluding carboxylic acids is 1. The maximum absolute atomic E-state index is 11.7. The summed E-state index contributed by atoms with van der Waals surface area (Å²) in [5.41, 5.74) is 6.31. The van der Waals surface area contributed by atoms with Gasteiger partial charge in [-0.05, 0) is 32.5 Å². The van der Waals surface area contributed by atoms with E-state index in [0.717, 1.165) is 13.0 Å². The lowest BCUT2D eigenvalue weighted by atomic mass is 10.2. The van der Waals surface area contributed by atoms with Crippen molar-refractivity contribution >= 4 is 11.6 Å². The Kier molecular flexibility index (Phi) is 7.61. The summed E-state index contributed by atoms with van der Waals surface area (Å²) >= 11 is 0. The number of hydrogen-bond acceptors (Lipinski definition) is 4. The molecule has 1 rings (SSSR count). The van der Waals surface area contributed by atoms with Crippen LogP contribution in [0.3, 0.4) is 0 Å². The maximum Gasteiger partial charge on any atom is 0.223 e. The number of benzene rings is 1. The maximum atomic E-state index is 11.7. The zero-order valence-electron chi connectivity index (χ0n) is 13.3. The fourth-order valence-electron chi connectivity index (χ4n) is 1.86. The van der Waals surface area contributed by atoms with Crippen LogP contribution in [0.15, 0.2) is 24.3 Å². The SMILES string of the molecule is CCC(C)N(C)CCNC(=O)CCOc1cccc(N)c1. The van der Waals surface area contributed by atoms with Crippen molar-refractivity contribution in [1.29, 1.82) is 0 Å². The van der Waals surface area contributed by atoms with Crippen LogP contribution >= 0.6 is 0 Å². The third kappa shape index (κ3) is 6.99. The first-order valence-corrected chi connectivity index (χ1v) is 7.48. The molecule has 21 heavy (non-hydrogen) atoms. The van der Waals surface area contributed by atoms with Gasteiger partial charge in [0.05, 0.1) is 13.0 Å². The van der Waals surface area contributed by atoms with Gasteiger partial charge in [-0.15, -0.1) is 0 Å². The fraction of sp³-hybridized carbons (Fsp3) is 0.562. The number of likely N-dealkylation sites (N-methyl/N-ethyl adjacent to an activating group) is 1. The number of anilines is 1. The predicted molar refractivity (Wildman–Crippen MR) is 86.4 cm³/mol. The lowest BCUT2D eigenvalue weighted by Crippen LogP contribution is -2.37. The molecule has 1 aromatic rings. The van der Waals surface area contributed by atoms with E-state index in [0.29, 0.717) is 37.1 Å². The minimum Gasteiger partial charge on any atom is -0.493 e. The summed E-state index contributed by atoms with van der Waals surface area (Å²) in [7, 11) is 2.07. The summed E-state index contributed by atoms with van der Waals surface area (Å²) in [6.07, 6.45) is 1.46. The highest BCUT2D eigenvalue weighted by Crippen LogP contribution is 2.14. The first-order chi connectivity index (χ1) is 10.0. The van der Waals surface area contributed by atoms with Gasteiger partial charge in [0.1, 0.15) is 5.75 Å². The van der Waals surface area contributed by atoms with E-state index in [2.05, 4.69) is 31.1 Å². The number of hydrogen-bond donors (Lipinski definition) is 2. The van der Waals surface area contributed by atoms with Crippen LogP contribution in [-0.2, 0) is 4.79 Å². The van der Waals surface area contributed by atoms with Gasteiger partial charge < -0.3 is 20.7 Å². The van der Waals surface area contributed by atoms with E-state index in [1.54, 1.807) is 12.1 Å². The highest BCUT2D eigenvalue weighted by molar-refractivity contribution is 5.75. The number of nitrogens with one attached hydrogen (secondary N) is 1. The van der Waals surface area contributed by atoms with Crippen LogP contribution in [0.5, 0.6) is 5.75 Å². The molecule has 3 N–H and O–H groups in total. The second-order valence-corrected chi connectivity index (χ2v) is 5.26. The topological polar surface area (TPSA) is 67.6 Å². The van der Waals surface area contributed by atoms with Gasteiger partial charge >= 0.3 is 0 Å². The third-order valence-electron chi connectivity index (χ3n) is 3.59. The molecule has 118 valence electrons. The predicted octanol–water partition coefficient (Wildman–Crippen LogP) is 1.88. The number of rotatable bonds is 9. The fourth-order valence-corrected chi connectivity index (χ4v) is 1.86. The normalized spacial score (nSPS) is 12.2. The van der Waals surface area contributed by atoms with E-state index in [1.165, 1.54) is 0 Å². The molecule has 1 atom stereocenters. The minimum atomic E-state index is 0.0106. The minimum absolute atomic E-state index is 0.0106. The zero-order chi connectivity index (χ0) is 15.7. The molecule has 0 radical (unpaired) electrons. The van der Waals surface area contributed by atoms with Crippen molar-refractivity contribution in [3.63, 3.8) is 0 Å². The van der Waals surface area contributed by atoms with Gasteiger partial charge in [0, 0.05) is 30.9 Å². The van der Waals surface area contributed by atoms with Gasteiger partial charge in [-0.25, -0.2) is 0 Å². The molecule has 0 aromatic heterocycles. The Hall–Kier alpha value is -1.75. The van der Waals surface area contributed by atoms with E-state index in [-0.39, 0.29) is 5.91 Å². The van der Waals surface area contributed by atoms with Crippen molar-refractivity contribution in [1.82, 2.24) is 10.2 Å². The third-order valence-corrected chi connectivity index (χ3v) is 3.59. The molecule has 1 aromatic carbocycles. The van der Waals surface area contributed by atoms with Crippen molar-refractivity contribution in [2.24, 2.45) is 0 Å². The van der Waals surface area contributed by atoms with Crippen LogP contribution in [0.1, 0.15) is 26.7 Å². The molecular weight excluding hydrogens is 266 g/mol. The summed E-state index contributed by atoms with van der Waals surface area (Å²) in [5.74, 6) is 0.704. The number of ether oxygens (including phenoxy) is 1. The van der Waals surface area contributed by atoms with Crippen LogP contribution in [0.4, 0.5) is 5.69 Å². The Balaban J connectivity index is 2.14. The molecule has 1 unspecified atom stereocenters. The summed E-state index contributed by atoms with van der Waals surface area (Å²) in [6, 6.07) is 7.74. The van der Waals surface area contributed by atoms with Gasteiger partial charge in [-0.3, -0.25) is 4.79 Å². The van der Waals surface area contributed by atoms with E-state index >= 15 is 0 Å². The Bertz CT molecular complexity index is 437. The molecule has 5 heteroatoms. The van der Waals surface area contributed by atoms with E-state index in [9.17, 15) is 4.79 Å². The number of amides is 1. The van der Waals surface area contributed by atoms with Crippen molar-refractivity contribution in [3.05, 3.63) is 24.3 Å². The molecule has 5 nitrogen and oxygen atoms in total. The summed E-state index contributed by atoms with van der Waals surface area (Å²) in [4.78, 5) is 13.9. The number of nitrogens with zero attached hydrogens (tertiary/aromatic N) is 1. The lowest BCUT2D eigenvalue weighted by molar-refractivity contribution is -0.121. The van der Waals surface area contributed by atoms with Gasteiger partial charge in [0.2, 0.25) is 5.91 Å². The van der Waals surface area contributed by atoms with Crippen molar-refractivity contribution in [3.8, 4) is 5.75 Å². The second kappa shape index (κ2) is 9.23. The van der Waals surface area contributed by atoms with Crippen molar-refractivity contribution < 1.29 is 9.53 Å². The highest BCUT2D eigenvalue weighted by Gasteiger charge is 2.07. The first-order valence-electron chi connectivity index (χ1n) is 7.48. The molecule has 0 aliphatic carbocycles. The van der Waals surface area contributed by atoms with Crippen LogP contribution in [0, 0.1) is 0 Å². The first kappa shape index (κ1) is 17.3. The molecule has 0 bridgehead atoms. The molecule has 0 aliphatic heterocycles.